The summed E-state index contributed by atoms with van der Waals surface area (Å²) in [6.07, 6.45) is 13.1. The second-order valence-corrected chi connectivity index (χ2v) is 15.4. The second kappa shape index (κ2) is 20.4. The summed E-state index contributed by atoms with van der Waals surface area (Å²) in [6.45, 7) is 0. The van der Waals surface area contributed by atoms with E-state index in [2.05, 4.69) is 301 Å². The zero-order valence-electron chi connectivity index (χ0n) is 35.6. The Kier molecular flexibility index (Phi) is 13.0. The van der Waals surface area contributed by atoms with E-state index in [1.54, 1.807) is 0 Å². The zero-order chi connectivity index (χ0) is 43.2. The number of hydrogen-bond donors (Lipinski definition) is 0. The molecule has 0 fully saturated rings. The van der Waals surface area contributed by atoms with Crippen LogP contribution in [0.15, 0.2) is 279 Å². The number of allylic oxidation sites excluding steroid dienone is 4. The molecule has 0 unspecified atom stereocenters. The number of para-hydroxylation sites is 2. The third-order valence-electron chi connectivity index (χ3n) is 11.1. The van der Waals surface area contributed by atoms with Crippen molar-refractivity contribution >= 4 is 57.4 Å². The topological polar surface area (TPSA) is 6.48 Å². The highest BCUT2D eigenvalue weighted by molar-refractivity contribution is 5.84. The summed E-state index contributed by atoms with van der Waals surface area (Å²) in [4.78, 5) is 4.62. The average molecular weight is 821 g/mol. The summed E-state index contributed by atoms with van der Waals surface area (Å²) in [5, 5.41) is 0. The molecule has 0 saturated heterocycles. The van der Waals surface area contributed by atoms with E-state index >= 15 is 0 Å². The number of anilines is 6. The van der Waals surface area contributed by atoms with Crippen molar-refractivity contribution in [3.63, 3.8) is 0 Å². The highest BCUT2D eigenvalue weighted by Gasteiger charge is 2.16. The third-order valence-corrected chi connectivity index (χ3v) is 11.1. The van der Waals surface area contributed by atoms with Crippen LogP contribution in [-0.2, 0) is 0 Å². The van der Waals surface area contributed by atoms with Crippen LogP contribution in [0.25, 0.3) is 23.3 Å². The smallest absolute Gasteiger partial charge is 0.0463 e. The van der Waals surface area contributed by atoms with Gasteiger partial charge in [-0.25, -0.2) is 0 Å². The maximum absolute atomic E-state index is 2.33. The Morgan fingerprint density at radius 2 is 0.453 bits per heavy atom. The molecule has 0 N–H and O–H groups in total. The number of hydrogen-bond acceptors (Lipinski definition) is 2. The fourth-order valence-electron chi connectivity index (χ4n) is 7.97. The van der Waals surface area contributed by atoms with E-state index in [9.17, 15) is 0 Å². The van der Waals surface area contributed by atoms with Crippen molar-refractivity contribution < 1.29 is 0 Å². The first-order valence-electron chi connectivity index (χ1n) is 21.8. The van der Waals surface area contributed by atoms with Gasteiger partial charge in [0.2, 0.25) is 0 Å². The molecule has 0 aromatic heterocycles. The Labute approximate surface area is 378 Å². The quantitative estimate of drug-likeness (QED) is 0.101. The highest BCUT2D eigenvalue weighted by atomic mass is 15.2. The van der Waals surface area contributed by atoms with Crippen LogP contribution in [-0.4, -0.2) is 0 Å². The molecule has 0 radical (unpaired) electrons. The molecule has 9 aromatic carbocycles. The van der Waals surface area contributed by atoms with Crippen molar-refractivity contribution in [2.45, 2.75) is 0 Å². The predicted octanol–water partition coefficient (Wildman–Crippen LogP) is 16.9. The van der Waals surface area contributed by atoms with E-state index in [0.717, 1.165) is 45.3 Å². The van der Waals surface area contributed by atoms with Crippen LogP contribution >= 0.6 is 0 Å². The molecule has 0 atom stereocenters. The van der Waals surface area contributed by atoms with E-state index in [1.807, 2.05) is 0 Å². The average Bonchev–Trinajstić information content (AvgIpc) is 3.37. The van der Waals surface area contributed by atoms with E-state index in [-0.39, 0.29) is 0 Å². The third kappa shape index (κ3) is 10.0. The van der Waals surface area contributed by atoms with Gasteiger partial charge in [0.25, 0.3) is 0 Å². The standard InChI is InChI=1S/C62H48N2/c1-7-23-51(24-8-1)61(52-25-9-2-10-26-52)35-19-21-49-37-41-57(42-38-49)64(60-47-45-59(46-48-60)63(55-31-15-5-16-32-55)56-33-17-6-18-34-56)58-43-39-50(40-44-58)22-20-36-62(53-27-11-3-12-28-53)54-29-13-4-14-30-54/h1-48H. The molecule has 0 spiro atoms. The Balaban J connectivity index is 1.04. The molecule has 9 aromatic rings. The monoisotopic (exact) mass is 820 g/mol. The molecule has 64 heavy (non-hydrogen) atoms. The molecule has 0 heterocycles. The van der Waals surface area contributed by atoms with E-state index in [4.69, 9.17) is 0 Å². The largest absolute Gasteiger partial charge is 0.311 e. The van der Waals surface area contributed by atoms with Gasteiger partial charge in [0, 0.05) is 34.1 Å². The van der Waals surface area contributed by atoms with E-state index < -0.39 is 0 Å². The molecule has 0 saturated carbocycles. The fourth-order valence-corrected chi connectivity index (χ4v) is 7.97. The van der Waals surface area contributed by atoms with Gasteiger partial charge in [-0.3, -0.25) is 0 Å². The molecular formula is C62H48N2. The molecule has 0 amide bonds. The van der Waals surface area contributed by atoms with E-state index in [0.29, 0.717) is 0 Å². The van der Waals surface area contributed by atoms with Gasteiger partial charge in [-0.1, -0.05) is 218 Å². The lowest BCUT2D eigenvalue weighted by Gasteiger charge is -2.28. The van der Waals surface area contributed by atoms with Crippen LogP contribution in [0.1, 0.15) is 33.4 Å². The molecule has 2 nitrogen and oxygen atoms in total. The lowest BCUT2D eigenvalue weighted by molar-refractivity contribution is 1.25. The van der Waals surface area contributed by atoms with Crippen molar-refractivity contribution in [3.05, 3.63) is 312 Å². The van der Waals surface area contributed by atoms with Gasteiger partial charge in [-0.15, -0.1) is 0 Å². The first-order chi connectivity index (χ1) is 31.8. The first kappa shape index (κ1) is 40.9. The van der Waals surface area contributed by atoms with Gasteiger partial charge in [0.1, 0.15) is 0 Å². The normalized spacial score (nSPS) is 11.0. The molecule has 0 aliphatic rings. The maximum atomic E-state index is 2.33. The number of benzene rings is 9. The van der Waals surface area contributed by atoms with Gasteiger partial charge >= 0.3 is 0 Å². The van der Waals surface area contributed by atoms with Crippen LogP contribution in [0, 0.1) is 0 Å². The number of nitrogens with zero attached hydrogens (tertiary/aromatic N) is 2. The summed E-state index contributed by atoms with van der Waals surface area (Å²) in [7, 11) is 0. The minimum absolute atomic E-state index is 1.06. The van der Waals surface area contributed by atoms with Gasteiger partial charge in [0.15, 0.2) is 0 Å². The first-order valence-corrected chi connectivity index (χ1v) is 21.8. The minimum Gasteiger partial charge on any atom is -0.311 e. The van der Waals surface area contributed by atoms with Crippen LogP contribution in [0.2, 0.25) is 0 Å². The second-order valence-electron chi connectivity index (χ2n) is 15.4. The van der Waals surface area contributed by atoms with Crippen molar-refractivity contribution in [3.8, 4) is 0 Å². The fraction of sp³-hybridized carbons (Fsp3) is 0. The lowest BCUT2D eigenvalue weighted by atomic mass is 9.97. The summed E-state index contributed by atoms with van der Waals surface area (Å²) < 4.78 is 0. The van der Waals surface area contributed by atoms with Crippen LogP contribution in [0.4, 0.5) is 34.1 Å². The Morgan fingerprint density at radius 1 is 0.234 bits per heavy atom. The van der Waals surface area contributed by atoms with Crippen molar-refractivity contribution in [1.82, 2.24) is 0 Å². The SMILES string of the molecule is C(=Cc1ccc(N(c2ccc(C=CC=C(c3ccccc3)c3ccccc3)cc2)c2ccc(N(c3ccccc3)c3ccccc3)cc2)cc1)C=C(c1ccccc1)c1ccccc1. The van der Waals surface area contributed by atoms with Crippen LogP contribution in [0.5, 0.6) is 0 Å². The van der Waals surface area contributed by atoms with Crippen molar-refractivity contribution in [1.29, 1.82) is 0 Å². The zero-order valence-corrected chi connectivity index (χ0v) is 35.6. The summed E-state index contributed by atoms with van der Waals surface area (Å²) in [5.74, 6) is 0. The van der Waals surface area contributed by atoms with Gasteiger partial charge in [0.05, 0.1) is 0 Å². The molecule has 9 rings (SSSR count). The molecule has 0 bridgehead atoms. The summed E-state index contributed by atoms with van der Waals surface area (Å²) >= 11 is 0. The minimum atomic E-state index is 1.06. The van der Waals surface area contributed by atoms with Gasteiger partial charge in [-0.2, -0.15) is 0 Å². The molecule has 0 aliphatic heterocycles. The lowest BCUT2D eigenvalue weighted by Crippen LogP contribution is -2.12. The van der Waals surface area contributed by atoms with Gasteiger partial charge in [-0.05, 0) is 117 Å². The van der Waals surface area contributed by atoms with Crippen LogP contribution in [0.3, 0.4) is 0 Å². The summed E-state index contributed by atoms with van der Waals surface area (Å²) in [5.41, 5.74) is 15.9. The summed E-state index contributed by atoms with van der Waals surface area (Å²) in [6, 6.07) is 89.8. The van der Waals surface area contributed by atoms with Crippen molar-refractivity contribution in [2.24, 2.45) is 0 Å². The maximum Gasteiger partial charge on any atom is 0.0463 e. The molecular weight excluding hydrogens is 773 g/mol. The Bertz CT molecular complexity index is 2690. The van der Waals surface area contributed by atoms with Crippen LogP contribution < -0.4 is 9.80 Å². The molecule has 2 heteroatoms. The number of rotatable bonds is 14. The van der Waals surface area contributed by atoms with Gasteiger partial charge < -0.3 is 9.80 Å². The predicted molar refractivity (Wildman–Crippen MR) is 274 cm³/mol. The van der Waals surface area contributed by atoms with Crippen molar-refractivity contribution in [2.75, 3.05) is 9.80 Å². The molecule has 306 valence electrons. The Morgan fingerprint density at radius 3 is 0.719 bits per heavy atom. The molecule has 0 aliphatic carbocycles. The highest BCUT2D eigenvalue weighted by Crippen LogP contribution is 2.39. The van der Waals surface area contributed by atoms with E-state index in [1.165, 1.54) is 33.4 Å². The Hall–Kier alpha value is -8.46.